The molecule has 0 aliphatic heterocycles. The molecule has 0 bridgehead atoms. The van der Waals surface area contributed by atoms with Gasteiger partial charge in [-0.1, -0.05) is 54.6 Å². The van der Waals surface area contributed by atoms with Crippen LogP contribution in [0.15, 0.2) is 54.6 Å². The number of aliphatic carboxylic acids is 1. The SMILES string of the molecule is COCNC(N)C(C(=O)O)(C(=O)OC(C)(C)C)c1ccc(-c2ccccc2)cc1. The van der Waals surface area contributed by atoms with Gasteiger partial charge in [0.2, 0.25) is 5.41 Å². The van der Waals surface area contributed by atoms with Gasteiger partial charge in [-0.05, 0) is 37.5 Å². The molecule has 2 aromatic rings. The van der Waals surface area contributed by atoms with Crippen molar-refractivity contribution in [2.45, 2.75) is 38.0 Å². The fraction of sp³-hybridized carbons (Fsp3) is 0.364. The van der Waals surface area contributed by atoms with Crippen LogP contribution in [0.2, 0.25) is 0 Å². The summed E-state index contributed by atoms with van der Waals surface area (Å²) in [6, 6.07) is 16.3. The van der Waals surface area contributed by atoms with Crippen LogP contribution in [0.3, 0.4) is 0 Å². The van der Waals surface area contributed by atoms with E-state index in [1.165, 1.54) is 7.11 Å². The Balaban J connectivity index is 2.56. The number of carbonyl (C=O) groups is 2. The fourth-order valence-corrected chi connectivity index (χ4v) is 3.01. The lowest BCUT2D eigenvalue weighted by Crippen LogP contribution is -2.64. The van der Waals surface area contributed by atoms with Crippen molar-refractivity contribution in [1.29, 1.82) is 0 Å². The normalized spacial score (nSPS) is 14.7. The summed E-state index contributed by atoms with van der Waals surface area (Å²) in [5.74, 6) is -2.35. The number of ether oxygens (including phenoxy) is 2. The van der Waals surface area contributed by atoms with E-state index >= 15 is 0 Å². The van der Waals surface area contributed by atoms with Crippen molar-refractivity contribution in [2.24, 2.45) is 5.73 Å². The third kappa shape index (κ3) is 5.00. The molecule has 0 aliphatic rings. The Hall–Kier alpha value is -2.74. The van der Waals surface area contributed by atoms with Crippen molar-refractivity contribution < 1.29 is 24.2 Å². The van der Waals surface area contributed by atoms with Crippen molar-refractivity contribution in [3.05, 3.63) is 60.2 Å². The molecule has 29 heavy (non-hydrogen) atoms. The molecule has 0 aliphatic carbocycles. The Kier molecular flexibility index (Phi) is 7.13. The molecule has 2 atom stereocenters. The van der Waals surface area contributed by atoms with Crippen molar-refractivity contribution in [1.82, 2.24) is 5.32 Å². The number of carboxylic acid groups (broad SMARTS) is 1. The Morgan fingerprint density at radius 2 is 1.59 bits per heavy atom. The van der Waals surface area contributed by atoms with Gasteiger partial charge in [0.05, 0.1) is 12.9 Å². The van der Waals surface area contributed by atoms with Crippen molar-refractivity contribution >= 4 is 11.9 Å². The van der Waals surface area contributed by atoms with Gasteiger partial charge in [-0.15, -0.1) is 0 Å². The van der Waals surface area contributed by atoms with E-state index in [-0.39, 0.29) is 12.3 Å². The molecule has 0 aromatic heterocycles. The molecule has 0 saturated heterocycles. The molecular formula is C22H28N2O5. The van der Waals surface area contributed by atoms with Crippen molar-refractivity contribution in [3.63, 3.8) is 0 Å². The highest BCUT2D eigenvalue weighted by atomic mass is 16.6. The number of hydrogen-bond donors (Lipinski definition) is 3. The van der Waals surface area contributed by atoms with Crippen LogP contribution in [0.5, 0.6) is 0 Å². The molecule has 156 valence electrons. The minimum absolute atomic E-state index is 0.0267. The summed E-state index contributed by atoms with van der Waals surface area (Å²) in [7, 11) is 1.43. The smallest absolute Gasteiger partial charge is 0.331 e. The van der Waals surface area contributed by atoms with Gasteiger partial charge in [0, 0.05) is 7.11 Å². The third-order valence-corrected chi connectivity index (χ3v) is 4.42. The van der Waals surface area contributed by atoms with Gasteiger partial charge in [0.1, 0.15) is 5.60 Å². The van der Waals surface area contributed by atoms with E-state index < -0.39 is 29.1 Å². The second kappa shape index (κ2) is 9.17. The molecule has 0 radical (unpaired) electrons. The van der Waals surface area contributed by atoms with Crippen LogP contribution in [0.4, 0.5) is 0 Å². The van der Waals surface area contributed by atoms with E-state index in [1.54, 1.807) is 45.0 Å². The lowest BCUT2D eigenvalue weighted by Gasteiger charge is -2.36. The molecule has 2 unspecified atom stereocenters. The zero-order chi connectivity index (χ0) is 21.7. The van der Waals surface area contributed by atoms with E-state index in [0.717, 1.165) is 11.1 Å². The first-order valence-electron chi connectivity index (χ1n) is 9.23. The van der Waals surface area contributed by atoms with E-state index in [4.69, 9.17) is 15.2 Å². The minimum Gasteiger partial charge on any atom is -0.480 e. The summed E-state index contributed by atoms with van der Waals surface area (Å²) in [6.45, 7) is 4.99. The maximum Gasteiger partial charge on any atom is 0.331 e. The third-order valence-electron chi connectivity index (χ3n) is 4.42. The molecule has 4 N–H and O–H groups in total. The van der Waals surface area contributed by atoms with Crippen LogP contribution in [-0.2, 0) is 24.5 Å². The average Bonchev–Trinajstić information content (AvgIpc) is 2.66. The van der Waals surface area contributed by atoms with Gasteiger partial charge in [-0.25, -0.2) is 0 Å². The van der Waals surface area contributed by atoms with Gasteiger partial charge in [-0.2, -0.15) is 0 Å². The molecule has 2 aromatic carbocycles. The van der Waals surface area contributed by atoms with Crippen LogP contribution in [0.25, 0.3) is 11.1 Å². The van der Waals surface area contributed by atoms with E-state index in [9.17, 15) is 14.7 Å². The van der Waals surface area contributed by atoms with Crippen molar-refractivity contribution in [3.8, 4) is 11.1 Å². The number of carbonyl (C=O) groups excluding carboxylic acids is 1. The number of nitrogens with two attached hydrogens (primary N) is 1. The Labute approximate surface area is 170 Å². The maximum atomic E-state index is 13.1. The number of nitrogens with one attached hydrogen (secondary N) is 1. The first kappa shape index (κ1) is 22.5. The second-order valence-electron chi connectivity index (χ2n) is 7.67. The largest absolute Gasteiger partial charge is 0.480 e. The lowest BCUT2D eigenvalue weighted by atomic mass is 9.77. The molecule has 7 heteroatoms. The monoisotopic (exact) mass is 400 g/mol. The molecule has 2 rings (SSSR count). The van der Waals surface area contributed by atoms with Crippen LogP contribution in [-0.4, -0.2) is 42.7 Å². The van der Waals surface area contributed by atoms with Gasteiger partial charge < -0.3 is 20.3 Å². The van der Waals surface area contributed by atoms with Gasteiger partial charge in [-0.3, -0.25) is 14.9 Å². The number of esters is 1. The van der Waals surface area contributed by atoms with Crippen LogP contribution in [0.1, 0.15) is 26.3 Å². The molecule has 0 spiro atoms. The van der Waals surface area contributed by atoms with E-state index in [0.29, 0.717) is 0 Å². The Morgan fingerprint density at radius 1 is 1.03 bits per heavy atom. The molecule has 0 fully saturated rings. The highest BCUT2D eigenvalue weighted by Crippen LogP contribution is 2.32. The molecular weight excluding hydrogens is 372 g/mol. The van der Waals surface area contributed by atoms with Crippen LogP contribution >= 0.6 is 0 Å². The highest BCUT2D eigenvalue weighted by molar-refractivity contribution is 6.06. The second-order valence-corrected chi connectivity index (χ2v) is 7.67. The van der Waals surface area contributed by atoms with Gasteiger partial charge in [0.15, 0.2) is 0 Å². The van der Waals surface area contributed by atoms with Crippen molar-refractivity contribution in [2.75, 3.05) is 13.8 Å². The number of hydrogen-bond acceptors (Lipinski definition) is 6. The molecule has 0 saturated carbocycles. The first-order valence-corrected chi connectivity index (χ1v) is 9.23. The lowest BCUT2D eigenvalue weighted by molar-refractivity contribution is -0.172. The summed E-state index contributed by atoms with van der Waals surface area (Å²) in [6.07, 6.45) is -1.28. The minimum atomic E-state index is -2.15. The fourth-order valence-electron chi connectivity index (χ4n) is 3.01. The number of carboxylic acids is 1. The summed E-state index contributed by atoms with van der Waals surface area (Å²) < 4.78 is 10.4. The predicted molar refractivity (Wildman–Crippen MR) is 110 cm³/mol. The quantitative estimate of drug-likeness (QED) is 0.355. The maximum absolute atomic E-state index is 13.1. The highest BCUT2D eigenvalue weighted by Gasteiger charge is 2.55. The van der Waals surface area contributed by atoms with E-state index in [1.807, 2.05) is 30.3 Å². The topological polar surface area (TPSA) is 111 Å². The summed E-state index contributed by atoms with van der Waals surface area (Å²) in [5, 5.41) is 12.9. The standard InChI is InChI=1S/C22H28N2O5/c1-21(2,3)29-20(27)22(19(25)26,18(23)24-14-28-4)17-12-10-16(11-13-17)15-8-6-5-7-9-15/h5-13,18,24H,14,23H2,1-4H3,(H,25,26). The molecule has 0 amide bonds. The number of methoxy groups -OCH3 is 1. The number of benzene rings is 2. The van der Waals surface area contributed by atoms with Gasteiger partial charge >= 0.3 is 11.9 Å². The summed E-state index contributed by atoms with van der Waals surface area (Å²) in [5.41, 5.74) is 5.20. The molecule has 0 heterocycles. The Morgan fingerprint density at radius 3 is 2.07 bits per heavy atom. The zero-order valence-electron chi connectivity index (χ0n) is 17.1. The first-order chi connectivity index (χ1) is 13.6. The van der Waals surface area contributed by atoms with Gasteiger partial charge in [0.25, 0.3) is 0 Å². The molecule has 7 nitrogen and oxygen atoms in total. The van der Waals surface area contributed by atoms with Crippen LogP contribution in [0, 0.1) is 0 Å². The average molecular weight is 400 g/mol. The predicted octanol–water partition coefficient (Wildman–Crippen LogP) is 2.50. The zero-order valence-corrected chi connectivity index (χ0v) is 17.1. The summed E-state index contributed by atoms with van der Waals surface area (Å²) in [4.78, 5) is 25.6. The summed E-state index contributed by atoms with van der Waals surface area (Å²) >= 11 is 0. The number of rotatable bonds is 8. The van der Waals surface area contributed by atoms with E-state index in [2.05, 4.69) is 5.32 Å². The van der Waals surface area contributed by atoms with Crippen LogP contribution < -0.4 is 11.1 Å². The Bertz CT molecular complexity index is 831.